The Bertz CT molecular complexity index is 1080. The van der Waals surface area contributed by atoms with Crippen LogP contribution in [-0.4, -0.2) is 61.6 Å². The van der Waals surface area contributed by atoms with Gasteiger partial charge in [-0.1, -0.05) is 6.07 Å². The van der Waals surface area contributed by atoms with Crippen molar-refractivity contribution in [3.63, 3.8) is 0 Å². The zero-order valence-corrected chi connectivity index (χ0v) is 18.5. The van der Waals surface area contributed by atoms with E-state index in [9.17, 15) is 18.8 Å². The number of benzene rings is 2. The summed E-state index contributed by atoms with van der Waals surface area (Å²) in [4.78, 5) is 39.1. The number of amides is 3. The van der Waals surface area contributed by atoms with E-state index < -0.39 is 11.7 Å². The normalized spacial score (nSPS) is 22.2. The molecule has 2 N–H and O–H groups in total. The quantitative estimate of drug-likeness (QED) is 0.739. The molecule has 2 heterocycles. The molecule has 1 fully saturated rings. The van der Waals surface area contributed by atoms with Crippen LogP contribution in [0.1, 0.15) is 40.0 Å². The van der Waals surface area contributed by atoms with E-state index in [1.54, 1.807) is 37.2 Å². The lowest BCUT2D eigenvalue weighted by molar-refractivity contribution is -0.133. The fourth-order valence-electron chi connectivity index (χ4n) is 4.25. The van der Waals surface area contributed by atoms with E-state index in [4.69, 9.17) is 9.47 Å². The highest BCUT2D eigenvalue weighted by molar-refractivity contribution is 6.05. The molecule has 1 saturated heterocycles. The molecule has 2 aromatic rings. The van der Waals surface area contributed by atoms with E-state index in [2.05, 4.69) is 10.6 Å². The van der Waals surface area contributed by atoms with Gasteiger partial charge in [0.25, 0.3) is 11.8 Å². The maximum atomic E-state index is 13.4. The molecule has 2 aromatic carbocycles. The van der Waals surface area contributed by atoms with Crippen LogP contribution < -0.4 is 15.4 Å². The van der Waals surface area contributed by atoms with Gasteiger partial charge in [0.1, 0.15) is 24.3 Å². The highest BCUT2D eigenvalue weighted by Crippen LogP contribution is 2.32. The van der Waals surface area contributed by atoms with Crippen molar-refractivity contribution in [2.24, 2.45) is 0 Å². The minimum atomic E-state index is -0.507. The maximum Gasteiger partial charge on any atom is 0.257 e. The Kier molecular flexibility index (Phi) is 6.60. The summed E-state index contributed by atoms with van der Waals surface area (Å²) in [6, 6.07) is 9.98. The van der Waals surface area contributed by atoms with E-state index in [1.807, 2.05) is 0 Å². The number of nitrogens with one attached hydrogen (secondary N) is 2. The molecule has 3 amide bonds. The van der Waals surface area contributed by atoms with Crippen molar-refractivity contribution >= 4 is 23.4 Å². The van der Waals surface area contributed by atoms with Gasteiger partial charge in [-0.2, -0.15) is 0 Å². The first-order chi connectivity index (χ1) is 15.9. The fraction of sp³-hybridized carbons (Fsp3) is 0.375. The van der Waals surface area contributed by atoms with Crippen LogP contribution in [0.5, 0.6) is 5.75 Å². The van der Waals surface area contributed by atoms with Crippen LogP contribution in [0.15, 0.2) is 42.5 Å². The van der Waals surface area contributed by atoms with Gasteiger partial charge < -0.3 is 25.0 Å². The zero-order chi connectivity index (χ0) is 23.5. The number of carbonyl (C=O) groups excluding carboxylic acids is 3. The number of nitrogens with zero attached hydrogens (tertiary/aromatic N) is 1. The Morgan fingerprint density at radius 2 is 2.00 bits per heavy atom. The lowest BCUT2D eigenvalue weighted by Crippen LogP contribution is -2.53. The molecule has 9 heteroatoms. The summed E-state index contributed by atoms with van der Waals surface area (Å²) in [6.07, 6.45) is 1.02. The van der Waals surface area contributed by atoms with Crippen LogP contribution in [0.25, 0.3) is 0 Å². The smallest absolute Gasteiger partial charge is 0.257 e. The highest BCUT2D eigenvalue weighted by Gasteiger charge is 2.39. The third-order valence-corrected chi connectivity index (χ3v) is 6.05. The molecule has 0 aromatic heterocycles. The van der Waals surface area contributed by atoms with E-state index >= 15 is 0 Å². The third kappa shape index (κ3) is 4.98. The number of likely N-dealkylation sites (N-methyl/N-ethyl adjacent to an activating group) is 1. The van der Waals surface area contributed by atoms with Crippen LogP contribution in [-0.2, 0) is 9.53 Å². The number of fused-ring (bicyclic) bond motifs is 2. The molecular weight excluding hydrogens is 429 g/mol. The van der Waals surface area contributed by atoms with Crippen LogP contribution >= 0.6 is 0 Å². The van der Waals surface area contributed by atoms with Gasteiger partial charge in [-0.25, -0.2) is 4.39 Å². The molecule has 0 aliphatic carbocycles. The van der Waals surface area contributed by atoms with E-state index in [1.165, 1.54) is 18.2 Å². The van der Waals surface area contributed by atoms with Crippen molar-refractivity contribution < 1.29 is 28.2 Å². The highest BCUT2D eigenvalue weighted by atomic mass is 19.1. The predicted octanol–water partition coefficient (Wildman–Crippen LogP) is 2.59. The van der Waals surface area contributed by atoms with Crippen LogP contribution in [0.4, 0.5) is 10.1 Å². The minimum absolute atomic E-state index is 0.0900. The molecule has 8 nitrogen and oxygen atoms in total. The summed E-state index contributed by atoms with van der Waals surface area (Å²) < 4.78 is 25.5. The Hall–Kier alpha value is -3.46. The summed E-state index contributed by atoms with van der Waals surface area (Å²) in [5.41, 5.74) is 0.895. The summed E-state index contributed by atoms with van der Waals surface area (Å²) in [5.74, 6) is -0.952. The molecule has 2 aliphatic rings. The maximum absolute atomic E-state index is 13.4. The molecule has 0 spiro atoms. The molecule has 4 rings (SSSR count). The second-order valence-electron chi connectivity index (χ2n) is 8.22. The first kappa shape index (κ1) is 22.7. The van der Waals surface area contributed by atoms with Crippen molar-refractivity contribution in [1.82, 2.24) is 10.2 Å². The van der Waals surface area contributed by atoms with Gasteiger partial charge in [-0.05, 0) is 49.2 Å². The average molecular weight is 455 g/mol. The first-order valence-electron chi connectivity index (χ1n) is 10.8. The number of rotatable bonds is 4. The zero-order valence-electron chi connectivity index (χ0n) is 18.5. The van der Waals surface area contributed by atoms with Crippen molar-refractivity contribution in [1.29, 1.82) is 0 Å². The van der Waals surface area contributed by atoms with Crippen molar-refractivity contribution in [2.45, 2.75) is 37.5 Å². The number of halogens is 1. The molecule has 2 aliphatic heterocycles. The van der Waals surface area contributed by atoms with Gasteiger partial charge in [0.2, 0.25) is 5.91 Å². The standard InChI is InChI=1S/C24H26FN3O5/c1-26-22(29)12-17-7-8-19-21(33-17)13-32-20-9-6-16(11-18(20)24(31)28(19)2)27-23(30)14-4-3-5-15(25)10-14/h3-6,9-11,17,19,21H,7-8,12-13H2,1-2H3,(H,26,29)(H,27,30)/t17-,19-,21+/m0/s1. The largest absolute Gasteiger partial charge is 0.490 e. The molecule has 0 saturated carbocycles. The number of anilines is 1. The van der Waals surface area contributed by atoms with Crippen LogP contribution in [0.3, 0.4) is 0 Å². The van der Waals surface area contributed by atoms with Crippen LogP contribution in [0.2, 0.25) is 0 Å². The van der Waals surface area contributed by atoms with E-state index in [0.717, 1.165) is 6.07 Å². The van der Waals surface area contributed by atoms with Gasteiger partial charge in [-0.3, -0.25) is 14.4 Å². The molecule has 0 radical (unpaired) electrons. The summed E-state index contributed by atoms with van der Waals surface area (Å²) in [6.45, 7) is 0.231. The predicted molar refractivity (Wildman–Crippen MR) is 119 cm³/mol. The molecule has 33 heavy (non-hydrogen) atoms. The van der Waals surface area contributed by atoms with Gasteiger partial charge in [0, 0.05) is 25.3 Å². The minimum Gasteiger partial charge on any atom is -0.490 e. The molecule has 3 atom stereocenters. The van der Waals surface area contributed by atoms with Crippen LogP contribution in [0, 0.1) is 5.82 Å². The Labute approximate surface area is 191 Å². The summed E-state index contributed by atoms with van der Waals surface area (Å²) >= 11 is 0. The first-order valence-corrected chi connectivity index (χ1v) is 10.8. The van der Waals surface area contributed by atoms with Gasteiger partial charge in [0.05, 0.1) is 24.1 Å². The second-order valence-corrected chi connectivity index (χ2v) is 8.22. The van der Waals surface area contributed by atoms with Gasteiger partial charge >= 0.3 is 0 Å². The fourth-order valence-corrected chi connectivity index (χ4v) is 4.25. The van der Waals surface area contributed by atoms with E-state index in [0.29, 0.717) is 29.8 Å². The number of carbonyl (C=O) groups is 3. The average Bonchev–Trinajstić information content (AvgIpc) is 2.81. The van der Waals surface area contributed by atoms with Crippen molar-refractivity contribution in [2.75, 3.05) is 26.0 Å². The lowest BCUT2D eigenvalue weighted by atomic mass is 9.94. The van der Waals surface area contributed by atoms with Gasteiger partial charge in [-0.15, -0.1) is 0 Å². The monoisotopic (exact) mass is 455 g/mol. The number of ether oxygens (including phenoxy) is 2. The second kappa shape index (κ2) is 9.58. The van der Waals surface area contributed by atoms with Crippen molar-refractivity contribution in [3.8, 4) is 5.75 Å². The Morgan fingerprint density at radius 1 is 1.18 bits per heavy atom. The molecular formula is C24H26FN3O5. The number of hydrogen-bond acceptors (Lipinski definition) is 5. The van der Waals surface area contributed by atoms with E-state index in [-0.39, 0.29) is 48.7 Å². The number of hydrogen-bond donors (Lipinski definition) is 2. The van der Waals surface area contributed by atoms with Gasteiger partial charge in [0.15, 0.2) is 0 Å². The Morgan fingerprint density at radius 3 is 2.76 bits per heavy atom. The molecule has 0 unspecified atom stereocenters. The molecule has 0 bridgehead atoms. The topological polar surface area (TPSA) is 97.0 Å². The summed E-state index contributed by atoms with van der Waals surface area (Å²) in [7, 11) is 3.31. The third-order valence-electron chi connectivity index (χ3n) is 6.05. The SMILES string of the molecule is CNC(=O)C[C@@H]1CC[C@H]2[C@@H](COc3ccc(NC(=O)c4cccc(F)c4)cc3C(=O)N2C)O1. The lowest BCUT2D eigenvalue weighted by Gasteiger charge is -2.42. The molecule has 174 valence electrons. The summed E-state index contributed by atoms with van der Waals surface area (Å²) in [5, 5.41) is 5.30. The Balaban J connectivity index is 1.52. The van der Waals surface area contributed by atoms with Crippen molar-refractivity contribution in [3.05, 3.63) is 59.4 Å².